The number of benzene rings is 2. The SMILES string of the molecule is O=C(NCc1nc(-c2ccccc2)n[nH]1)c1cn(Cc2ccc(F)cc2)nn1. The topological polar surface area (TPSA) is 101 Å². The number of H-pyrrole nitrogens is 1. The van der Waals surface area contributed by atoms with E-state index in [-0.39, 0.29) is 24.0 Å². The van der Waals surface area contributed by atoms with E-state index in [1.54, 1.807) is 12.1 Å². The lowest BCUT2D eigenvalue weighted by Crippen LogP contribution is -2.23. The van der Waals surface area contributed by atoms with Crippen LogP contribution in [-0.2, 0) is 13.1 Å². The van der Waals surface area contributed by atoms with Crippen LogP contribution in [0.25, 0.3) is 11.4 Å². The average Bonchev–Trinajstić information content (AvgIpc) is 3.38. The smallest absolute Gasteiger partial charge is 0.273 e. The zero-order valence-electron chi connectivity index (χ0n) is 14.7. The van der Waals surface area contributed by atoms with Gasteiger partial charge in [-0.1, -0.05) is 47.7 Å². The molecule has 2 heterocycles. The highest BCUT2D eigenvalue weighted by Gasteiger charge is 2.12. The summed E-state index contributed by atoms with van der Waals surface area (Å²) >= 11 is 0. The van der Waals surface area contributed by atoms with Crippen LogP contribution >= 0.6 is 0 Å². The van der Waals surface area contributed by atoms with Crippen LogP contribution in [0.3, 0.4) is 0 Å². The van der Waals surface area contributed by atoms with Gasteiger partial charge in [0.2, 0.25) is 0 Å². The van der Waals surface area contributed by atoms with Gasteiger partial charge in [-0.25, -0.2) is 14.1 Å². The van der Waals surface area contributed by atoms with E-state index in [1.165, 1.54) is 23.0 Å². The lowest BCUT2D eigenvalue weighted by molar-refractivity contribution is 0.0945. The summed E-state index contributed by atoms with van der Waals surface area (Å²) in [5.41, 5.74) is 1.93. The summed E-state index contributed by atoms with van der Waals surface area (Å²) in [6, 6.07) is 15.6. The zero-order valence-corrected chi connectivity index (χ0v) is 14.7. The van der Waals surface area contributed by atoms with E-state index >= 15 is 0 Å². The molecule has 2 aromatic heterocycles. The lowest BCUT2D eigenvalue weighted by Gasteiger charge is -2.00. The van der Waals surface area contributed by atoms with Crippen LogP contribution < -0.4 is 5.32 Å². The third-order valence-corrected chi connectivity index (χ3v) is 4.01. The monoisotopic (exact) mass is 377 g/mol. The Bertz CT molecular complexity index is 1070. The Morgan fingerprint density at radius 1 is 1.11 bits per heavy atom. The van der Waals surface area contributed by atoms with E-state index in [0.29, 0.717) is 18.2 Å². The van der Waals surface area contributed by atoms with E-state index in [2.05, 4.69) is 30.8 Å². The second kappa shape index (κ2) is 7.78. The molecule has 2 aromatic carbocycles. The molecule has 4 rings (SSSR count). The number of hydrogen-bond donors (Lipinski definition) is 2. The molecule has 2 N–H and O–H groups in total. The van der Waals surface area contributed by atoms with Crippen molar-refractivity contribution in [2.45, 2.75) is 13.1 Å². The predicted octanol–water partition coefficient (Wildman–Crippen LogP) is 2.18. The number of carbonyl (C=O) groups is 1. The van der Waals surface area contributed by atoms with Crippen molar-refractivity contribution in [3.8, 4) is 11.4 Å². The Labute approximate surface area is 159 Å². The van der Waals surface area contributed by atoms with Gasteiger partial charge in [-0.3, -0.25) is 9.89 Å². The van der Waals surface area contributed by atoms with Crippen LogP contribution in [0.1, 0.15) is 21.9 Å². The minimum absolute atomic E-state index is 0.184. The molecule has 0 atom stereocenters. The molecule has 8 nitrogen and oxygen atoms in total. The predicted molar refractivity (Wildman–Crippen MR) is 98.5 cm³/mol. The fourth-order valence-electron chi connectivity index (χ4n) is 2.60. The van der Waals surface area contributed by atoms with Crippen LogP contribution in [0.2, 0.25) is 0 Å². The van der Waals surface area contributed by atoms with Gasteiger partial charge < -0.3 is 5.32 Å². The molecular weight excluding hydrogens is 361 g/mol. The summed E-state index contributed by atoms with van der Waals surface area (Å²) in [5.74, 6) is 0.425. The van der Waals surface area contributed by atoms with E-state index in [1.807, 2.05) is 30.3 Å². The third-order valence-electron chi connectivity index (χ3n) is 4.01. The van der Waals surface area contributed by atoms with Crippen molar-refractivity contribution in [2.24, 2.45) is 0 Å². The molecule has 4 aromatic rings. The second-order valence-electron chi connectivity index (χ2n) is 6.08. The first-order valence-electron chi connectivity index (χ1n) is 8.57. The van der Waals surface area contributed by atoms with Gasteiger partial charge >= 0.3 is 0 Å². The molecule has 0 saturated heterocycles. The summed E-state index contributed by atoms with van der Waals surface area (Å²) in [7, 11) is 0. The Hall–Kier alpha value is -3.88. The van der Waals surface area contributed by atoms with E-state index in [0.717, 1.165) is 11.1 Å². The van der Waals surface area contributed by atoms with Gasteiger partial charge in [0.05, 0.1) is 19.3 Å². The van der Waals surface area contributed by atoms with Gasteiger partial charge in [0.25, 0.3) is 5.91 Å². The highest BCUT2D eigenvalue weighted by atomic mass is 19.1. The molecule has 9 heteroatoms. The van der Waals surface area contributed by atoms with Gasteiger partial charge in [-0.15, -0.1) is 5.10 Å². The molecule has 0 unspecified atom stereocenters. The normalized spacial score (nSPS) is 10.8. The van der Waals surface area contributed by atoms with E-state index in [4.69, 9.17) is 0 Å². The van der Waals surface area contributed by atoms with Gasteiger partial charge in [0.1, 0.15) is 11.6 Å². The van der Waals surface area contributed by atoms with Crippen LogP contribution in [0.5, 0.6) is 0 Å². The van der Waals surface area contributed by atoms with Gasteiger partial charge in [-0.05, 0) is 17.7 Å². The number of carbonyl (C=O) groups excluding carboxylic acids is 1. The van der Waals surface area contributed by atoms with Crippen molar-refractivity contribution < 1.29 is 9.18 Å². The molecule has 0 aliphatic carbocycles. The number of nitrogens with zero attached hydrogens (tertiary/aromatic N) is 5. The number of amides is 1. The Balaban J connectivity index is 1.35. The molecule has 0 saturated carbocycles. The highest BCUT2D eigenvalue weighted by molar-refractivity contribution is 5.91. The van der Waals surface area contributed by atoms with E-state index in [9.17, 15) is 9.18 Å². The maximum atomic E-state index is 13.0. The number of aromatic nitrogens is 6. The molecular formula is C19H16FN7O. The van der Waals surface area contributed by atoms with Crippen LogP contribution in [0.15, 0.2) is 60.8 Å². The van der Waals surface area contributed by atoms with Crippen molar-refractivity contribution in [1.29, 1.82) is 0 Å². The standard InChI is InChI=1S/C19H16FN7O/c20-15-8-6-13(7-9-15)11-27-12-16(23-26-27)19(28)21-10-17-22-18(25-24-17)14-4-2-1-3-5-14/h1-9,12H,10-11H2,(H,21,28)(H,22,24,25). The van der Waals surface area contributed by atoms with E-state index < -0.39 is 0 Å². The molecule has 0 aliphatic rings. The molecule has 0 fully saturated rings. The number of hydrogen-bond acceptors (Lipinski definition) is 5. The second-order valence-corrected chi connectivity index (χ2v) is 6.08. The summed E-state index contributed by atoms with van der Waals surface area (Å²) in [6.45, 7) is 0.576. The zero-order chi connectivity index (χ0) is 19.3. The molecule has 1 amide bonds. The largest absolute Gasteiger partial charge is 0.343 e. The minimum atomic E-state index is -0.372. The fraction of sp³-hybridized carbons (Fsp3) is 0.105. The summed E-state index contributed by atoms with van der Waals surface area (Å²) in [4.78, 5) is 16.6. The highest BCUT2D eigenvalue weighted by Crippen LogP contribution is 2.13. The lowest BCUT2D eigenvalue weighted by atomic mass is 10.2. The van der Waals surface area contributed by atoms with Gasteiger partial charge in [0, 0.05) is 5.56 Å². The molecule has 0 aliphatic heterocycles. The van der Waals surface area contributed by atoms with Crippen LogP contribution in [0.4, 0.5) is 4.39 Å². The van der Waals surface area contributed by atoms with Crippen molar-refractivity contribution in [3.63, 3.8) is 0 Å². The Morgan fingerprint density at radius 2 is 1.89 bits per heavy atom. The Kier molecular flexibility index (Phi) is 4.87. The average molecular weight is 377 g/mol. The van der Waals surface area contributed by atoms with Gasteiger partial charge in [0.15, 0.2) is 11.5 Å². The first kappa shape index (κ1) is 17.5. The third kappa shape index (κ3) is 4.09. The Morgan fingerprint density at radius 3 is 2.68 bits per heavy atom. The summed E-state index contributed by atoms with van der Waals surface area (Å²) in [5, 5.41) is 17.5. The van der Waals surface area contributed by atoms with Crippen molar-refractivity contribution >= 4 is 5.91 Å². The minimum Gasteiger partial charge on any atom is -0.343 e. The van der Waals surface area contributed by atoms with Crippen LogP contribution in [0, 0.1) is 5.82 Å². The van der Waals surface area contributed by atoms with Crippen LogP contribution in [-0.4, -0.2) is 36.1 Å². The quantitative estimate of drug-likeness (QED) is 0.536. The van der Waals surface area contributed by atoms with Crippen molar-refractivity contribution in [3.05, 3.63) is 83.7 Å². The molecule has 0 bridgehead atoms. The van der Waals surface area contributed by atoms with Gasteiger partial charge in [-0.2, -0.15) is 5.10 Å². The van der Waals surface area contributed by atoms with Crippen molar-refractivity contribution in [2.75, 3.05) is 0 Å². The molecule has 0 spiro atoms. The molecule has 140 valence electrons. The summed E-state index contributed by atoms with van der Waals surface area (Å²) in [6.07, 6.45) is 1.54. The number of halogens is 1. The summed E-state index contributed by atoms with van der Waals surface area (Å²) < 4.78 is 14.5. The van der Waals surface area contributed by atoms with Crippen molar-refractivity contribution in [1.82, 2.24) is 35.5 Å². The molecule has 0 radical (unpaired) electrons. The maximum absolute atomic E-state index is 13.0. The number of rotatable bonds is 6. The molecule has 28 heavy (non-hydrogen) atoms. The number of nitrogens with one attached hydrogen (secondary N) is 2. The fourth-order valence-corrected chi connectivity index (χ4v) is 2.60. The first-order chi connectivity index (χ1) is 13.7. The number of aromatic amines is 1. The first-order valence-corrected chi connectivity index (χ1v) is 8.57. The maximum Gasteiger partial charge on any atom is 0.273 e.